The molecule has 1 aliphatic rings. The van der Waals surface area contributed by atoms with Gasteiger partial charge in [-0.05, 0) is 80.6 Å². The maximum Gasteiger partial charge on any atom is 0.189 e. The molecule has 0 unspecified atom stereocenters. The number of halogens is 1. The van der Waals surface area contributed by atoms with Gasteiger partial charge in [-0.1, -0.05) is 27.6 Å². The number of ether oxygens (including phenoxy) is 1. The lowest BCUT2D eigenvalue weighted by atomic mass is 9.87. The van der Waals surface area contributed by atoms with E-state index in [0.717, 1.165) is 29.1 Å². The Morgan fingerprint density at radius 1 is 1.11 bits per heavy atom. The predicted octanol–water partition coefficient (Wildman–Crippen LogP) is 4.94. The molecule has 0 aliphatic heterocycles. The average molecular weight is 463 g/mol. The van der Waals surface area contributed by atoms with Gasteiger partial charge in [0.1, 0.15) is 5.75 Å². The monoisotopic (exact) mass is 462 g/mol. The van der Waals surface area contributed by atoms with Crippen molar-refractivity contribution in [3.05, 3.63) is 69.2 Å². The standard InChI is InChI=1S/C22H23BrO4S/c1-14(2)27-22-9-8-19(28(3,25)26)13-20(22)21(24)11-15-4-5-16-6-7-18(23)12-17(16)10-15/h6-9,11-14H,4-5,10H2,1-3H3. The van der Waals surface area contributed by atoms with Crippen molar-refractivity contribution < 1.29 is 17.9 Å². The third-order valence-electron chi connectivity index (χ3n) is 4.64. The summed E-state index contributed by atoms with van der Waals surface area (Å²) in [7, 11) is -3.42. The molecule has 28 heavy (non-hydrogen) atoms. The summed E-state index contributed by atoms with van der Waals surface area (Å²) in [5, 5.41) is 0. The molecule has 0 saturated carbocycles. The number of allylic oxidation sites excluding steroid dienone is 2. The summed E-state index contributed by atoms with van der Waals surface area (Å²) in [6.45, 7) is 3.74. The van der Waals surface area contributed by atoms with E-state index >= 15 is 0 Å². The van der Waals surface area contributed by atoms with Crippen LogP contribution in [0.3, 0.4) is 0 Å². The van der Waals surface area contributed by atoms with Crippen LogP contribution in [0.25, 0.3) is 0 Å². The van der Waals surface area contributed by atoms with Crippen LogP contribution in [0.15, 0.2) is 57.4 Å². The highest BCUT2D eigenvalue weighted by molar-refractivity contribution is 9.10. The van der Waals surface area contributed by atoms with Crippen molar-refractivity contribution in [2.24, 2.45) is 0 Å². The van der Waals surface area contributed by atoms with Crippen molar-refractivity contribution in [3.63, 3.8) is 0 Å². The van der Waals surface area contributed by atoms with Crippen LogP contribution in [0.5, 0.6) is 5.75 Å². The van der Waals surface area contributed by atoms with Crippen molar-refractivity contribution >= 4 is 31.6 Å². The number of fused-ring (bicyclic) bond motifs is 1. The number of ketones is 1. The van der Waals surface area contributed by atoms with Gasteiger partial charge in [0.05, 0.1) is 16.6 Å². The first-order valence-corrected chi connectivity index (χ1v) is 11.8. The normalized spacial score (nSPS) is 15.5. The van der Waals surface area contributed by atoms with Crippen LogP contribution in [0.1, 0.15) is 41.8 Å². The van der Waals surface area contributed by atoms with Gasteiger partial charge in [-0.2, -0.15) is 0 Å². The molecule has 0 fully saturated rings. The van der Waals surface area contributed by atoms with Crippen molar-refractivity contribution in [1.82, 2.24) is 0 Å². The van der Waals surface area contributed by atoms with Crippen LogP contribution < -0.4 is 4.74 Å². The predicted molar refractivity (Wildman–Crippen MR) is 114 cm³/mol. The molecule has 148 valence electrons. The highest BCUT2D eigenvalue weighted by atomic mass is 79.9. The van der Waals surface area contributed by atoms with Crippen LogP contribution in [0.2, 0.25) is 0 Å². The summed E-state index contributed by atoms with van der Waals surface area (Å²) in [6.07, 6.45) is 5.06. The quantitative estimate of drug-likeness (QED) is 0.466. The second-order valence-electron chi connectivity index (χ2n) is 7.35. The molecule has 0 spiro atoms. The third kappa shape index (κ3) is 4.92. The zero-order valence-electron chi connectivity index (χ0n) is 16.2. The average Bonchev–Trinajstić information content (AvgIpc) is 2.60. The molecule has 0 saturated heterocycles. The maximum absolute atomic E-state index is 13.0. The topological polar surface area (TPSA) is 60.4 Å². The van der Waals surface area contributed by atoms with E-state index in [9.17, 15) is 13.2 Å². The van der Waals surface area contributed by atoms with Gasteiger partial charge >= 0.3 is 0 Å². The molecular weight excluding hydrogens is 440 g/mol. The number of carbonyl (C=O) groups excluding carboxylic acids is 1. The molecule has 3 rings (SSSR count). The van der Waals surface area contributed by atoms with Gasteiger partial charge in [0, 0.05) is 10.7 Å². The van der Waals surface area contributed by atoms with Gasteiger partial charge in [-0.25, -0.2) is 8.42 Å². The number of sulfone groups is 1. The van der Waals surface area contributed by atoms with E-state index in [1.165, 1.54) is 23.3 Å². The van der Waals surface area contributed by atoms with Gasteiger partial charge in [-0.15, -0.1) is 0 Å². The first-order valence-electron chi connectivity index (χ1n) is 9.15. The largest absolute Gasteiger partial charge is 0.490 e. The van der Waals surface area contributed by atoms with Crippen molar-refractivity contribution in [2.45, 2.75) is 44.1 Å². The Balaban J connectivity index is 1.96. The van der Waals surface area contributed by atoms with E-state index in [1.54, 1.807) is 12.1 Å². The number of benzene rings is 2. The fourth-order valence-electron chi connectivity index (χ4n) is 3.31. The molecular formula is C22H23BrO4S. The molecule has 4 nitrogen and oxygen atoms in total. The summed E-state index contributed by atoms with van der Waals surface area (Å²) >= 11 is 3.50. The van der Waals surface area contributed by atoms with Crippen molar-refractivity contribution in [3.8, 4) is 5.75 Å². The number of rotatable bonds is 5. The highest BCUT2D eigenvalue weighted by Crippen LogP contribution is 2.29. The van der Waals surface area contributed by atoms with E-state index in [2.05, 4.69) is 28.1 Å². The third-order valence-corrected chi connectivity index (χ3v) is 6.25. The molecule has 0 N–H and O–H groups in total. The van der Waals surface area contributed by atoms with Gasteiger partial charge in [0.25, 0.3) is 0 Å². The lowest BCUT2D eigenvalue weighted by molar-refractivity contribution is 0.104. The fourth-order valence-corrected chi connectivity index (χ4v) is 4.36. The van der Waals surface area contributed by atoms with Crippen LogP contribution >= 0.6 is 15.9 Å². The summed E-state index contributed by atoms with van der Waals surface area (Å²) in [4.78, 5) is 13.1. The molecule has 2 aromatic carbocycles. The second-order valence-corrected chi connectivity index (χ2v) is 10.3. The molecule has 0 amide bonds. The van der Waals surface area contributed by atoms with Crippen molar-refractivity contribution in [2.75, 3.05) is 6.26 Å². The zero-order valence-corrected chi connectivity index (χ0v) is 18.6. The van der Waals surface area contributed by atoms with Crippen LogP contribution in [0, 0.1) is 0 Å². The number of hydrogen-bond acceptors (Lipinski definition) is 4. The van der Waals surface area contributed by atoms with Crippen LogP contribution in [-0.2, 0) is 22.7 Å². The van der Waals surface area contributed by atoms with E-state index in [0.29, 0.717) is 12.2 Å². The fraction of sp³-hybridized carbons (Fsp3) is 0.318. The highest BCUT2D eigenvalue weighted by Gasteiger charge is 2.19. The zero-order chi connectivity index (χ0) is 20.5. The Hall–Kier alpha value is -1.92. The molecule has 0 heterocycles. The summed E-state index contributed by atoms with van der Waals surface area (Å²) in [5.74, 6) is 0.179. The van der Waals surface area contributed by atoms with E-state index in [1.807, 2.05) is 19.9 Å². The molecule has 0 bridgehead atoms. The number of aryl methyl sites for hydroxylation is 1. The minimum Gasteiger partial charge on any atom is -0.490 e. The van der Waals surface area contributed by atoms with Crippen LogP contribution in [0.4, 0.5) is 0 Å². The first kappa shape index (κ1) is 20.8. The first-order chi connectivity index (χ1) is 13.1. The van der Waals surface area contributed by atoms with E-state index in [4.69, 9.17) is 4.74 Å². The molecule has 6 heteroatoms. The summed E-state index contributed by atoms with van der Waals surface area (Å²) in [5.41, 5.74) is 3.83. The molecule has 2 aromatic rings. The Bertz CT molecular complexity index is 1050. The Kier molecular flexibility index (Phi) is 6.10. The Morgan fingerprint density at radius 3 is 2.54 bits per heavy atom. The lowest BCUT2D eigenvalue weighted by Gasteiger charge is -2.19. The van der Waals surface area contributed by atoms with Crippen molar-refractivity contribution in [1.29, 1.82) is 0 Å². The molecule has 1 aliphatic carbocycles. The minimum atomic E-state index is -3.42. The molecule has 0 aromatic heterocycles. The van der Waals surface area contributed by atoms with E-state index < -0.39 is 9.84 Å². The number of carbonyl (C=O) groups is 1. The second kappa shape index (κ2) is 8.21. The van der Waals surface area contributed by atoms with Gasteiger partial charge < -0.3 is 4.74 Å². The van der Waals surface area contributed by atoms with Crippen LogP contribution in [-0.4, -0.2) is 26.6 Å². The molecule has 0 radical (unpaired) electrons. The van der Waals surface area contributed by atoms with Gasteiger partial charge in [-0.3, -0.25) is 4.79 Å². The van der Waals surface area contributed by atoms with Gasteiger partial charge in [0.2, 0.25) is 0 Å². The van der Waals surface area contributed by atoms with E-state index in [-0.39, 0.29) is 22.3 Å². The summed E-state index contributed by atoms with van der Waals surface area (Å²) < 4.78 is 30.6. The Morgan fingerprint density at radius 2 is 1.86 bits per heavy atom. The Labute approximate surface area is 174 Å². The lowest BCUT2D eigenvalue weighted by Crippen LogP contribution is -2.12. The molecule has 0 atom stereocenters. The number of hydrogen-bond donors (Lipinski definition) is 0. The smallest absolute Gasteiger partial charge is 0.189 e. The minimum absolute atomic E-state index is 0.114. The SMILES string of the molecule is CC(C)Oc1ccc(S(C)(=O)=O)cc1C(=O)C=C1CCc2ccc(Br)cc2C1. The maximum atomic E-state index is 13.0. The van der Waals surface area contributed by atoms with Gasteiger partial charge in [0.15, 0.2) is 15.6 Å². The summed E-state index contributed by atoms with van der Waals surface area (Å²) in [6, 6.07) is 10.7.